The van der Waals surface area contributed by atoms with Crippen molar-refractivity contribution in [3.05, 3.63) is 64.9 Å². The van der Waals surface area contributed by atoms with Gasteiger partial charge in [-0.25, -0.2) is 0 Å². The van der Waals surface area contributed by atoms with Crippen LogP contribution in [-0.2, 0) is 16.0 Å². The van der Waals surface area contributed by atoms with E-state index in [-0.39, 0.29) is 23.5 Å². The minimum atomic E-state index is -0.629. The van der Waals surface area contributed by atoms with Crippen molar-refractivity contribution in [3.8, 4) is 5.75 Å². The maximum Gasteiger partial charge on any atom is 0.251 e. The van der Waals surface area contributed by atoms with Crippen LogP contribution in [-0.4, -0.2) is 41.0 Å². The van der Waals surface area contributed by atoms with Gasteiger partial charge < -0.3 is 21.1 Å². The van der Waals surface area contributed by atoms with Crippen LogP contribution in [0, 0.1) is 5.92 Å². The Kier molecular flexibility index (Phi) is 5.05. The molecule has 6 heteroatoms. The normalized spacial score (nSPS) is 22.6. The van der Waals surface area contributed by atoms with Crippen molar-refractivity contribution in [1.82, 2.24) is 10.2 Å². The standard InChI is InChI=1S/C22H25N3O3/c23-19(12-14-6-8-15(26)9-7-14)22(28)25-11-10-20-18(13-25)16-4-2-1-3-5-17(16)21(27)24-20/h1,3,5-9,16,19,26H,2,4,10-13,23H2,(H,24,27). The molecule has 28 heavy (non-hydrogen) atoms. The first-order valence-corrected chi connectivity index (χ1v) is 9.75. The molecule has 0 spiro atoms. The highest BCUT2D eigenvalue weighted by molar-refractivity contribution is 5.97. The topological polar surface area (TPSA) is 95.7 Å². The van der Waals surface area contributed by atoms with Gasteiger partial charge in [0, 0.05) is 36.7 Å². The molecule has 2 amide bonds. The Bertz CT molecular complexity index is 883. The van der Waals surface area contributed by atoms with Crippen LogP contribution in [0.5, 0.6) is 5.75 Å². The summed E-state index contributed by atoms with van der Waals surface area (Å²) >= 11 is 0. The van der Waals surface area contributed by atoms with Crippen LogP contribution in [0.3, 0.4) is 0 Å². The summed E-state index contributed by atoms with van der Waals surface area (Å²) in [5, 5.41) is 12.4. The molecule has 0 bridgehead atoms. The second kappa shape index (κ2) is 7.64. The van der Waals surface area contributed by atoms with Crippen LogP contribution in [0.2, 0.25) is 0 Å². The van der Waals surface area contributed by atoms with E-state index in [1.807, 2.05) is 17.1 Å². The Balaban J connectivity index is 1.48. The molecule has 3 aliphatic rings. The molecular weight excluding hydrogens is 354 g/mol. The fourth-order valence-corrected chi connectivity index (χ4v) is 4.25. The van der Waals surface area contributed by atoms with Gasteiger partial charge in [0.2, 0.25) is 5.91 Å². The van der Waals surface area contributed by atoms with Gasteiger partial charge in [-0.3, -0.25) is 9.59 Å². The van der Waals surface area contributed by atoms with Crippen LogP contribution in [0.1, 0.15) is 24.8 Å². The SMILES string of the molecule is NC(Cc1ccc(O)cc1)C(=O)N1CCC2=C(C1)C1CCC=CC=C1C(=O)N2. The second-order valence-electron chi connectivity index (χ2n) is 7.62. The van der Waals surface area contributed by atoms with Gasteiger partial charge in [0.1, 0.15) is 5.75 Å². The minimum absolute atomic E-state index is 0.0147. The van der Waals surface area contributed by atoms with Gasteiger partial charge in [0.05, 0.1) is 6.04 Å². The van der Waals surface area contributed by atoms with Crippen molar-refractivity contribution >= 4 is 11.8 Å². The molecule has 2 atom stereocenters. The van der Waals surface area contributed by atoms with Crippen LogP contribution >= 0.6 is 0 Å². The molecule has 2 heterocycles. The molecule has 6 nitrogen and oxygen atoms in total. The summed E-state index contributed by atoms with van der Waals surface area (Å²) < 4.78 is 0. The molecule has 4 N–H and O–H groups in total. The van der Waals surface area contributed by atoms with E-state index in [2.05, 4.69) is 11.4 Å². The van der Waals surface area contributed by atoms with E-state index < -0.39 is 6.04 Å². The summed E-state index contributed by atoms with van der Waals surface area (Å²) in [7, 11) is 0. The van der Waals surface area contributed by atoms with Crippen molar-refractivity contribution in [2.75, 3.05) is 13.1 Å². The molecule has 0 saturated carbocycles. The predicted octanol–water partition coefficient (Wildman–Crippen LogP) is 1.77. The van der Waals surface area contributed by atoms with Gasteiger partial charge in [-0.15, -0.1) is 0 Å². The summed E-state index contributed by atoms with van der Waals surface area (Å²) in [5.41, 5.74) is 10.0. The summed E-state index contributed by atoms with van der Waals surface area (Å²) in [5.74, 6) is 0.177. The molecule has 0 aromatic heterocycles. The summed E-state index contributed by atoms with van der Waals surface area (Å²) in [4.78, 5) is 27.2. The van der Waals surface area contributed by atoms with E-state index in [9.17, 15) is 14.7 Å². The summed E-state index contributed by atoms with van der Waals surface area (Å²) in [6, 6.07) is 6.14. The number of rotatable bonds is 3. The molecule has 0 radical (unpaired) electrons. The van der Waals surface area contributed by atoms with Crippen LogP contribution < -0.4 is 11.1 Å². The van der Waals surface area contributed by atoms with E-state index in [0.29, 0.717) is 25.9 Å². The van der Waals surface area contributed by atoms with Crippen molar-refractivity contribution < 1.29 is 14.7 Å². The Morgan fingerprint density at radius 2 is 2.11 bits per heavy atom. The van der Waals surface area contributed by atoms with E-state index in [1.165, 1.54) is 0 Å². The highest BCUT2D eigenvalue weighted by atomic mass is 16.3. The van der Waals surface area contributed by atoms with Gasteiger partial charge >= 0.3 is 0 Å². The summed E-state index contributed by atoms with van der Waals surface area (Å²) in [6.07, 6.45) is 8.80. The van der Waals surface area contributed by atoms with E-state index >= 15 is 0 Å². The smallest absolute Gasteiger partial charge is 0.251 e. The van der Waals surface area contributed by atoms with Crippen molar-refractivity contribution in [2.45, 2.75) is 31.7 Å². The van der Waals surface area contributed by atoms with E-state index in [1.54, 1.807) is 24.3 Å². The zero-order chi connectivity index (χ0) is 19.7. The molecule has 1 aromatic carbocycles. The lowest BCUT2D eigenvalue weighted by atomic mass is 9.81. The maximum atomic E-state index is 13.0. The number of hydrogen-bond acceptors (Lipinski definition) is 4. The number of nitrogens with one attached hydrogen (secondary N) is 1. The monoisotopic (exact) mass is 379 g/mol. The third kappa shape index (κ3) is 3.60. The number of phenols is 1. The van der Waals surface area contributed by atoms with Gasteiger partial charge in [0.25, 0.3) is 5.91 Å². The van der Waals surface area contributed by atoms with E-state index in [0.717, 1.165) is 35.2 Å². The van der Waals surface area contributed by atoms with Gasteiger partial charge in [-0.2, -0.15) is 0 Å². The molecule has 2 aliphatic heterocycles. The lowest BCUT2D eigenvalue weighted by Crippen LogP contribution is -2.50. The lowest BCUT2D eigenvalue weighted by molar-refractivity contribution is -0.132. The Hall–Kier alpha value is -2.86. The number of phenolic OH excluding ortho intramolecular Hbond substituents is 1. The number of nitrogens with zero attached hydrogens (tertiary/aromatic N) is 1. The van der Waals surface area contributed by atoms with Crippen LogP contribution in [0.4, 0.5) is 0 Å². The van der Waals surface area contributed by atoms with Gasteiger partial charge in [-0.1, -0.05) is 30.4 Å². The molecular formula is C22H25N3O3. The van der Waals surface area contributed by atoms with Crippen LogP contribution in [0.15, 0.2) is 59.3 Å². The molecule has 1 aliphatic carbocycles. The lowest BCUT2D eigenvalue weighted by Gasteiger charge is -2.39. The fraction of sp³-hybridized carbons (Fsp3) is 0.364. The Morgan fingerprint density at radius 3 is 2.89 bits per heavy atom. The molecule has 4 rings (SSSR count). The molecule has 2 unspecified atom stereocenters. The second-order valence-corrected chi connectivity index (χ2v) is 7.62. The fourth-order valence-electron chi connectivity index (χ4n) is 4.25. The quantitative estimate of drug-likeness (QED) is 0.746. The third-order valence-corrected chi connectivity index (χ3v) is 5.76. The first-order valence-electron chi connectivity index (χ1n) is 9.75. The minimum Gasteiger partial charge on any atom is -0.508 e. The highest BCUT2D eigenvalue weighted by Gasteiger charge is 2.36. The van der Waals surface area contributed by atoms with Crippen LogP contribution in [0.25, 0.3) is 0 Å². The first kappa shape index (κ1) is 18.5. The molecule has 0 saturated heterocycles. The maximum absolute atomic E-state index is 13.0. The number of carbonyl (C=O) groups is 2. The van der Waals surface area contributed by atoms with Gasteiger partial charge in [-0.05, 0) is 42.5 Å². The number of nitrogens with two attached hydrogens (primary N) is 1. The number of benzene rings is 1. The number of aromatic hydroxyl groups is 1. The van der Waals surface area contributed by atoms with Crippen molar-refractivity contribution in [2.24, 2.45) is 11.7 Å². The average molecular weight is 379 g/mol. The molecule has 1 aromatic rings. The van der Waals surface area contributed by atoms with Gasteiger partial charge in [0.15, 0.2) is 0 Å². The van der Waals surface area contributed by atoms with Crippen molar-refractivity contribution in [3.63, 3.8) is 0 Å². The van der Waals surface area contributed by atoms with E-state index in [4.69, 9.17) is 5.73 Å². The number of hydrogen-bond donors (Lipinski definition) is 3. The number of allylic oxidation sites excluding steroid dienone is 3. The predicted molar refractivity (Wildman–Crippen MR) is 106 cm³/mol. The highest BCUT2D eigenvalue weighted by Crippen LogP contribution is 2.36. The first-order chi connectivity index (χ1) is 13.5. The number of amides is 2. The van der Waals surface area contributed by atoms with Crippen molar-refractivity contribution in [1.29, 1.82) is 0 Å². The number of carbonyl (C=O) groups excluding carboxylic acids is 2. The number of fused-ring (bicyclic) bond motifs is 2. The third-order valence-electron chi connectivity index (χ3n) is 5.76. The zero-order valence-corrected chi connectivity index (χ0v) is 15.7. The largest absolute Gasteiger partial charge is 0.508 e. The molecule has 146 valence electrons. The Labute approximate surface area is 164 Å². The Morgan fingerprint density at radius 1 is 1.32 bits per heavy atom. The average Bonchev–Trinajstić information content (AvgIpc) is 2.96. The zero-order valence-electron chi connectivity index (χ0n) is 15.7. The molecule has 0 fully saturated rings. The summed E-state index contributed by atoms with van der Waals surface area (Å²) in [6.45, 7) is 1.07.